The highest BCUT2D eigenvalue weighted by atomic mass is 32.1. The Balaban J connectivity index is 2.26. The molecule has 0 aliphatic heterocycles. The number of carboxylic acids is 1. The van der Waals surface area contributed by atoms with Crippen molar-refractivity contribution < 1.29 is 14.6 Å². The summed E-state index contributed by atoms with van der Waals surface area (Å²) in [6, 6.07) is 8.93. The predicted octanol–water partition coefficient (Wildman–Crippen LogP) is 0.479. The lowest BCUT2D eigenvalue weighted by Crippen LogP contribution is -2.32. The summed E-state index contributed by atoms with van der Waals surface area (Å²) in [6.07, 6.45) is 1.52. The van der Waals surface area contributed by atoms with Gasteiger partial charge in [0.1, 0.15) is 27.6 Å². The Bertz CT molecular complexity index is 1050. The number of aromatic nitrogens is 1. The van der Waals surface area contributed by atoms with E-state index in [2.05, 4.69) is 5.32 Å². The quantitative estimate of drug-likeness (QED) is 0.661. The highest BCUT2D eigenvalue weighted by Gasteiger charge is 2.13. The van der Waals surface area contributed by atoms with Crippen LogP contribution in [0, 0.1) is 11.3 Å². The van der Waals surface area contributed by atoms with E-state index >= 15 is 0 Å². The number of benzene rings is 1. The van der Waals surface area contributed by atoms with Gasteiger partial charge in [-0.15, -0.1) is 11.3 Å². The molecule has 0 aliphatic rings. The van der Waals surface area contributed by atoms with Crippen LogP contribution in [0.4, 0.5) is 5.69 Å². The van der Waals surface area contributed by atoms with Gasteiger partial charge in [-0.2, -0.15) is 5.26 Å². The zero-order valence-electron chi connectivity index (χ0n) is 15.9. The SMILES string of the molecule is CCn1c(=O)/c(=C\Nc2ccc(OCCN(C)C)cc2)s/c1=C(/C#N)C(=O)O. The third kappa shape index (κ3) is 5.22. The number of aliphatic carboxylic acids is 1. The van der Waals surface area contributed by atoms with Gasteiger partial charge in [-0.25, -0.2) is 4.79 Å². The number of carboxylic acid groups (broad SMARTS) is 1. The molecule has 8 nitrogen and oxygen atoms in total. The lowest BCUT2D eigenvalue weighted by Gasteiger charge is -2.11. The molecule has 0 amide bonds. The molecule has 0 spiro atoms. The molecule has 0 bridgehead atoms. The highest BCUT2D eigenvalue weighted by Crippen LogP contribution is 2.15. The van der Waals surface area contributed by atoms with E-state index < -0.39 is 11.5 Å². The van der Waals surface area contributed by atoms with Crippen LogP contribution in [0.25, 0.3) is 11.8 Å². The zero-order chi connectivity index (χ0) is 20.7. The summed E-state index contributed by atoms with van der Waals surface area (Å²) in [6.45, 7) is 3.40. The van der Waals surface area contributed by atoms with Crippen molar-refractivity contribution in [3.8, 4) is 11.8 Å². The number of nitriles is 1. The zero-order valence-corrected chi connectivity index (χ0v) is 16.7. The minimum Gasteiger partial charge on any atom is -0.492 e. The number of ether oxygens (including phenoxy) is 1. The van der Waals surface area contributed by atoms with Crippen molar-refractivity contribution in [1.29, 1.82) is 5.26 Å². The number of nitrogens with one attached hydrogen (secondary N) is 1. The molecule has 2 N–H and O–H groups in total. The second kappa shape index (κ2) is 9.73. The maximum Gasteiger partial charge on any atom is 0.349 e. The molecule has 2 rings (SSSR count). The van der Waals surface area contributed by atoms with Gasteiger partial charge >= 0.3 is 5.97 Å². The van der Waals surface area contributed by atoms with Crippen molar-refractivity contribution in [3.63, 3.8) is 0 Å². The Hall–Kier alpha value is -3.09. The number of anilines is 1. The Morgan fingerprint density at radius 1 is 1.39 bits per heavy atom. The van der Waals surface area contributed by atoms with Crippen molar-refractivity contribution in [3.05, 3.63) is 43.8 Å². The second-order valence-electron chi connectivity index (χ2n) is 6.08. The molecule has 1 aromatic carbocycles. The molecule has 28 heavy (non-hydrogen) atoms. The molecular formula is C19H22N4O4S. The minimum atomic E-state index is -1.35. The number of likely N-dealkylation sites (N-methyl/N-ethyl adjacent to an activating group) is 1. The van der Waals surface area contributed by atoms with E-state index in [0.717, 1.165) is 29.3 Å². The van der Waals surface area contributed by atoms with Gasteiger partial charge in [0, 0.05) is 25.0 Å². The lowest BCUT2D eigenvalue weighted by molar-refractivity contribution is -0.130. The molecule has 0 unspecified atom stereocenters. The van der Waals surface area contributed by atoms with Crippen LogP contribution >= 0.6 is 11.3 Å². The van der Waals surface area contributed by atoms with Gasteiger partial charge in [0.25, 0.3) is 5.56 Å². The average molecular weight is 402 g/mol. The fraction of sp³-hybridized carbons (Fsp3) is 0.316. The first-order chi connectivity index (χ1) is 13.4. The summed E-state index contributed by atoms with van der Waals surface area (Å²) in [5, 5.41) is 21.3. The number of carbonyl (C=O) groups is 1. The molecule has 0 aliphatic carbocycles. The maximum absolute atomic E-state index is 12.5. The molecule has 1 aromatic heterocycles. The van der Waals surface area contributed by atoms with E-state index in [4.69, 9.17) is 15.1 Å². The summed E-state index contributed by atoms with van der Waals surface area (Å²) in [5.41, 5.74) is -0.0319. The van der Waals surface area contributed by atoms with Crippen molar-refractivity contribution >= 4 is 34.8 Å². The van der Waals surface area contributed by atoms with E-state index in [1.165, 1.54) is 10.8 Å². The van der Waals surface area contributed by atoms with Gasteiger partial charge in [0.15, 0.2) is 5.57 Å². The van der Waals surface area contributed by atoms with Gasteiger partial charge in [-0.3, -0.25) is 9.36 Å². The van der Waals surface area contributed by atoms with Gasteiger partial charge in [0.2, 0.25) is 0 Å². The number of hydrogen-bond acceptors (Lipinski definition) is 7. The Morgan fingerprint density at radius 2 is 2.07 bits per heavy atom. The molecule has 0 saturated carbocycles. The van der Waals surface area contributed by atoms with Crippen molar-refractivity contribution in [1.82, 2.24) is 9.47 Å². The highest BCUT2D eigenvalue weighted by molar-refractivity contribution is 7.07. The van der Waals surface area contributed by atoms with Crippen LogP contribution in [0.3, 0.4) is 0 Å². The Kier molecular flexibility index (Phi) is 7.37. The van der Waals surface area contributed by atoms with E-state index in [1.807, 2.05) is 43.3 Å². The van der Waals surface area contributed by atoms with E-state index in [0.29, 0.717) is 11.1 Å². The molecule has 0 saturated heterocycles. The van der Waals surface area contributed by atoms with Crippen molar-refractivity contribution in [2.75, 3.05) is 32.6 Å². The molecule has 148 valence electrons. The first kappa shape index (κ1) is 21.2. The van der Waals surface area contributed by atoms with E-state index in [1.54, 1.807) is 13.0 Å². The van der Waals surface area contributed by atoms with Gasteiger partial charge in [-0.05, 0) is 45.3 Å². The van der Waals surface area contributed by atoms with E-state index in [9.17, 15) is 9.59 Å². The van der Waals surface area contributed by atoms with E-state index in [-0.39, 0.29) is 16.8 Å². The molecular weight excluding hydrogens is 380 g/mol. The van der Waals surface area contributed by atoms with Crippen molar-refractivity contribution in [2.45, 2.75) is 13.5 Å². The number of thiazole rings is 1. The van der Waals surface area contributed by atoms with Gasteiger partial charge in [0.05, 0.1) is 0 Å². The molecule has 2 aromatic rings. The van der Waals surface area contributed by atoms with Crippen LogP contribution in [0.1, 0.15) is 6.92 Å². The molecule has 9 heteroatoms. The fourth-order valence-corrected chi connectivity index (χ4v) is 3.40. The van der Waals surface area contributed by atoms with Crippen LogP contribution in [0.5, 0.6) is 5.75 Å². The minimum absolute atomic E-state index is 0.139. The molecule has 0 radical (unpaired) electrons. The predicted molar refractivity (Wildman–Crippen MR) is 109 cm³/mol. The topological polar surface area (TPSA) is 108 Å². The summed E-state index contributed by atoms with van der Waals surface area (Å²) < 4.78 is 7.37. The molecule has 0 atom stereocenters. The van der Waals surface area contributed by atoms with Crippen LogP contribution < -0.4 is 24.8 Å². The van der Waals surface area contributed by atoms with Crippen molar-refractivity contribution in [2.24, 2.45) is 0 Å². The summed E-state index contributed by atoms with van der Waals surface area (Å²) in [7, 11) is 3.95. The van der Waals surface area contributed by atoms with Crippen LogP contribution in [-0.2, 0) is 11.3 Å². The first-order valence-electron chi connectivity index (χ1n) is 8.59. The average Bonchev–Trinajstić information content (AvgIpc) is 2.96. The number of rotatable bonds is 8. The van der Waals surface area contributed by atoms with Gasteiger partial charge in [-0.1, -0.05) is 0 Å². The smallest absolute Gasteiger partial charge is 0.349 e. The van der Waals surface area contributed by atoms with Crippen LogP contribution in [0.2, 0.25) is 0 Å². The first-order valence-corrected chi connectivity index (χ1v) is 9.40. The molecule has 0 fully saturated rings. The maximum atomic E-state index is 12.5. The summed E-state index contributed by atoms with van der Waals surface area (Å²) in [4.78, 5) is 25.7. The van der Waals surface area contributed by atoms with Gasteiger partial charge < -0.3 is 20.1 Å². The summed E-state index contributed by atoms with van der Waals surface area (Å²) >= 11 is 0.971. The second-order valence-corrected chi connectivity index (χ2v) is 7.11. The largest absolute Gasteiger partial charge is 0.492 e. The fourth-order valence-electron chi connectivity index (χ4n) is 2.32. The van der Waals surface area contributed by atoms with Crippen LogP contribution in [-0.4, -0.2) is 47.8 Å². The Labute approximate surface area is 166 Å². The monoisotopic (exact) mass is 402 g/mol. The lowest BCUT2D eigenvalue weighted by atomic mass is 10.3. The standard InChI is InChI=1S/C19H22N4O4S/c1-4-23-17(24)16(28-18(23)15(11-20)19(25)26)12-21-13-5-7-14(8-6-13)27-10-9-22(2)3/h5-8,12,21H,4,9-10H2,1-3H3,(H,25,26)/b16-12+,18-15-. The normalized spacial score (nSPS) is 12.6. The molecule has 1 heterocycles. The number of nitrogens with zero attached hydrogens (tertiary/aromatic N) is 3. The third-order valence-corrected chi connectivity index (χ3v) is 4.93. The third-order valence-electron chi connectivity index (χ3n) is 3.79. The summed E-state index contributed by atoms with van der Waals surface area (Å²) in [5.74, 6) is -0.607. The van der Waals surface area contributed by atoms with Crippen LogP contribution in [0.15, 0.2) is 29.1 Å². The Morgan fingerprint density at radius 3 is 2.61 bits per heavy atom. The number of hydrogen-bond donors (Lipinski definition) is 2.